The molecule has 0 aliphatic carbocycles. The molecule has 226 valence electrons. The topological polar surface area (TPSA) is 57.6 Å². The van der Waals surface area contributed by atoms with E-state index in [1.165, 1.54) is 16.8 Å². The summed E-state index contributed by atoms with van der Waals surface area (Å²) >= 11 is 6.69. The number of hydrogen-bond acceptors (Lipinski definition) is 5. The number of unbranched alkanes of at least 4 members (excludes halogenated alkanes) is 1. The van der Waals surface area contributed by atoms with Crippen molar-refractivity contribution in [3.05, 3.63) is 64.5 Å². The number of nitrogens with zero attached hydrogens (tertiary/aromatic N) is 4. The van der Waals surface area contributed by atoms with Crippen LogP contribution in [0.2, 0.25) is 5.02 Å². The number of benzene rings is 2. The Bertz CT molecular complexity index is 1390. The molecule has 5 rings (SSSR count). The fraction of sp³-hybridized carbons (Fsp3) is 0.529. The van der Waals surface area contributed by atoms with E-state index in [1.807, 2.05) is 37.8 Å². The number of fused-ring (bicyclic) bond motifs is 3. The maximum Gasteiger partial charge on any atom is 0.410 e. The summed E-state index contributed by atoms with van der Waals surface area (Å²) in [6.07, 6.45) is 6.62. The van der Waals surface area contributed by atoms with Crippen molar-refractivity contribution in [2.24, 2.45) is 4.99 Å². The van der Waals surface area contributed by atoms with Gasteiger partial charge >= 0.3 is 6.09 Å². The molecular formula is C34H45ClN4O3. The summed E-state index contributed by atoms with van der Waals surface area (Å²) in [5.41, 5.74) is 3.21. The van der Waals surface area contributed by atoms with Gasteiger partial charge in [-0.1, -0.05) is 49.2 Å². The van der Waals surface area contributed by atoms with Crippen LogP contribution in [-0.2, 0) is 9.47 Å². The van der Waals surface area contributed by atoms with Crippen molar-refractivity contribution in [3.63, 3.8) is 0 Å². The van der Waals surface area contributed by atoms with Gasteiger partial charge in [0, 0.05) is 37.3 Å². The number of carbonyl (C=O) groups is 1. The van der Waals surface area contributed by atoms with E-state index >= 15 is 0 Å². The average molecular weight is 593 g/mol. The first-order valence-corrected chi connectivity index (χ1v) is 15.7. The monoisotopic (exact) mass is 592 g/mol. The van der Waals surface area contributed by atoms with Gasteiger partial charge in [0.15, 0.2) is 0 Å². The van der Waals surface area contributed by atoms with Crippen LogP contribution in [0.4, 0.5) is 10.5 Å². The second-order valence-corrected chi connectivity index (χ2v) is 13.1. The number of hydrogen-bond donors (Lipinski definition) is 0. The van der Waals surface area contributed by atoms with Gasteiger partial charge in [0.2, 0.25) is 5.88 Å². The number of methoxy groups -OCH3 is 1. The Morgan fingerprint density at radius 1 is 1.12 bits per heavy atom. The Kier molecular flexibility index (Phi) is 9.07. The van der Waals surface area contributed by atoms with Crippen molar-refractivity contribution in [2.45, 2.75) is 84.4 Å². The van der Waals surface area contributed by atoms with Crippen LogP contribution in [0, 0.1) is 0 Å². The van der Waals surface area contributed by atoms with Gasteiger partial charge in [0.1, 0.15) is 11.4 Å². The lowest BCUT2D eigenvalue weighted by molar-refractivity contribution is 0.00277. The van der Waals surface area contributed by atoms with E-state index in [1.54, 1.807) is 7.11 Å². The Morgan fingerprint density at radius 2 is 1.81 bits per heavy atom. The highest BCUT2D eigenvalue weighted by atomic mass is 35.5. The van der Waals surface area contributed by atoms with Crippen LogP contribution >= 0.6 is 11.6 Å². The number of rotatable bonds is 6. The molecule has 42 heavy (non-hydrogen) atoms. The summed E-state index contributed by atoms with van der Waals surface area (Å²) in [7, 11) is 1.70. The van der Waals surface area contributed by atoms with Crippen LogP contribution < -0.4 is 4.90 Å². The molecule has 3 heterocycles. The van der Waals surface area contributed by atoms with Crippen LogP contribution in [0.25, 0.3) is 10.8 Å². The molecule has 0 spiro atoms. The molecule has 3 aliphatic rings. The van der Waals surface area contributed by atoms with Gasteiger partial charge in [0.05, 0.1) is 24.2 Å². The van der Waals surface area contributed by atoms with E-state index in [9.17, 15) is 4.79 Å². The van der Waals surface area contributed by atoms with Crippen LogP contribution in [-0.4, -0.2) is 72.7 Å². The number of halogens is 1. The van der Waals surface area contributed by atoms with Crippen molar-refractivity contribution in [1.82, 2.24) is 9.80 Å². The van der Waals surface area contributed by atoms with Crippen molar-refractivity contribution >= 4 is 40.0 Å². The van der Waals surface area contributed by atoms with Crippen LogP contribution in [0.3, 0.4) is 0 Å². The lowest BCUT2D eigenvalue weighted by Crippen LogP contribution is -2.58. The van der Waals surface area contributed by atoms with Crippen molar-refractivity contribution in [3.8, 4) is 0 Å². The number of aliphatic imine (C=N–C) groups is 1. The van der Waals surface area contributed by atoms with E-state index in [0.29, 0.717) is 5.88 Å². The zero-order chi connectivity index (χ0) is 30.0. The highest BCUT2D eigenvalue weighted by Crippen LogP contribution is 2.37. The van der Waals surface area contributed by atoms with Gasteiger partial charge in [-0.15, -0.1) is 0 Å². The zero-order valence-electron chi connectivity index (χ0n) is 26.0. The minimum absolute atomic E-state index is 0.105. The summed E-state index contributed by atoms with van der Waals surface area (Å²) in [5.74, 6) is 1.63. The number of anilines is 1. The molecule has 1 amide bonds. The molecule has 0 N–H and O–H groups in total. The van der Waals surface area contributed by atoms with E-state index in [2.05, 4.69) is 54.0 Å². The van der Waals surface area contributed by atoms with E-state index in [4.69, 9.17) is 26.1 Å². The normalized spacial score (nSPS) is 21.8. The summed E-state index contributed by atoms with van der Waals surface area (Å²) < 4.78 is 11.5. The number of piperazine rings is 1. The SMILES string of the molecule is CCC/C=C(/N=C(\C1=C(C)CN(c2cccc3cccc(Cl)c23)CC1)N1CC2CCC(C1)N2C(=O)OC(C)(C)C)OC. The number of likely N-dealkylation sites (tertiary alicyclic amines) is 1. The van der Waals surface area contributed by atoms with Gasteiger partial charge < -0.3 is 19.3 Å². The van der Waals surface area contributed by atoms with Gasteiger partial charge in [-0.25, -0.2) is 4.79 Å². The minimum atomic E-state index is -0.512. The van der Waals surface area contributed by atoms with Gasteiger partial charge in [0.25, 0.3) is 0 Å². The molecule has 3 aliphatic heterocycles. The summed E-state index contributed by atoms with van der Waals surface area (Å²) in [4.78, 5) is 25.1. The number of amidine groups is 1. The van der Waals surface area contributed by atoms with Crippen molar-refractivity contribution in [1.29, 1.82) is 0 Å². The van der Waals surface area contributed by atoms with Crippen molar-refractivity contribution in [2.75, 3.05) is 38.2 Å². The summed E-state index contributed by atoms with van der Waals surface area (Å²) in [6, 6.07) is 12.7. The number of allylic oxidation sites excluding steroid dienone is 1. The molecule has 0 saturated carbocycles. The third kappa shape index (κ3) is 6.41. The predicted molar refractivity (Wildman–Crippen MR) is 172 cm³/mol. The smallest absolute Gasteiger partial charge is 0.410 e. The maximum atomic E-state index is 13.1. The third-order valence-electron chi connectivity index (χ3n) is 8.44. The summed E-state index contributed by atoms with van der Waals surface area (Å²) in [6.45, 7) is 13.3. The fourth-order valence-corrected chi connectivity index (χ4v) is 6.81. The molecule has 2 unspecified atom stereocenters. The van der Waals surface area contributed by atoms with E-state index < -0.39 is 5.60 Å². The molecule has 2 atom stereocenters. The molecule has 2 aromatic rings. The molecular weight excluding hydrogens is 548 g/mol. The van der Waals surface area contributed by atoms with Crippen LogP contribution in [0.15, 0.2) is 64.5 Å². The second-order valence-electron chi connectivity index (χ2n) is 12.7. The number of ether oxygens (including phenoxy) is 2. The first-order chi connectivity index (χ1) is 20.1. The zero-order valence-corrected chi connectivity index (χ0v) is 26.7. The molecule has 0 radical (unpaired) electrons. The van der Waals surface area contributed by atoms with Crippen molar-refractivity contribution < 1.29 is 14.3 Å². The lowest BCUT2D eigenvalue weighted by atomic mass is 9.97. The fourth-order valence-electron chi connectivity index (χ4n) is 6.53. The Morgan fingerprint density at radius 3 is 2.43 bits per heavy atom. The Balaban J connectivity index is 1.46. The highest BCUT2D eigenvalue weighted by molar-refractivity contribution is 6.36. The molecule has 2 aromatic carbocycles. The van der Waals surface area contributed by atoms with Gasteiger partial charge in [-0.05, 0) is 88.1 Å². The number of carbonyl (C=O) groups excluding carboxylic acids is 1. The molecule has 2 saturated heterocycles. The average Bonchev–Trinajstić information content (AvgIpc) is 3.22. The molecule has 7 nitrogen and oxygen atoms in total. The molecule has 2 bridgehead atoms. The minimum Gasteiger partial charge on any atom is -0.481 e. The number of amides is 1. The van der Waals surface area contributed by atoms with Gasteiger partial charge in [-0.3, -0.25) is 4.90 Å². The largest absolute Gasteiger partial charge is 0.481 e. The Labute approximate surface area is 255 Å². The van der Waals surface area contributed by atoms with Crippen LogP contribution in [0.1, 0.15) is 66.7 Å². The maximum absolute atomic E-state index is 13.1. The third-order valence-corrected chi connectivity index (χ3v) is 8.75. The molecule has 8 heteroatoms. The molecule has 2 fully saturated rings. The first-order valence-electron chi connectivity index (χ1n) is 15.3. The first kappa shape index (κ1) is 30.3. The van der Waals surface area contributed by atoms with Crippen LogP contribution in [0.5, 0.6) is 0 Å². The summed E-state index contributed by atoms with van der Waals surface area (Å²) in [5, 5.41) is 3.03. The van der Waals surface area contributed by atoms with E-state index in [0.717, 1.165) is 79.9 Å². The second kappa shape index (κ2) is 12.6. The standard InChI is InChI=1S/C34H45ClN4O3/c1-7-8-15-30(41-6)36-32(38-21-25-16-17-26(22-38)39(25)33(40)42-34(3,4)5)27-18-19-37(20-23(27)2)29-14-10-12-24-11-9-13-28(35)31(24)29/h9-15,25-26H,7-8,16-22H2,1-6H3/b30-15-,36-32+. The van der Waals surface area contributed by atoms with Gasteiger partial charge in [-0.2, -0.15) is 4.99 Å². The lowest BCUT2D eigenvalue weighted by Gasteiger charge is -2.43. The molecule has 0 aromatic heterocycles. The Hall–Kier alpha value is -3.19. The predicted octanol–water partition coefficient (Wildman–Crippen LogP) is 7.79. The quantitative estimate of drug-likeness (QED) is 0.195. The highest BCUT2D eigenvalue weighted by Gasteiger charge is 2.45. The van der Waals surface area contributed by atoms with E-state index in [-0.39, 0.29) is 18.2 Å².